The summed E-state index contributed by atoms with van der Waals surface area (Å²) in [6, 6.07) is 21.6. The number of benzene rings is 3. The summed E-state index contributed by atoms with van der Waals surface area (Å²) in [5, 5.41) is 41.1. The normalized spacial score (nSPS) is 23.5. The molecule has 0 amide bonds. The van der Waals surface area contributed by atoms with E-state index in [4.69, 9.17) is 25.1 Å². The summed E-state index contributed by atoms with van der Waals surface area (Å²) in [7, 11) is 0. The maximum Gasteiger partial charge on any atom is 0.135 e. The largest absolute Gasteiger partial charge is 0.269 e. The molecule has 18 nitrogen and oxygen atoms in total. The monoisotopic (exact) mass is 1500 g/mol. The predicted molar refractivity (Wildman–Crippen MR) is 408 cm³/mol. The van der Waals surface area contributed by atoms with Crippen molar-refractivity contribution in [3.05, 3.63) is 232 Å². The van der Waals surface area contributed by atoms with Gasteiger partial charge in [0.2, 0.25) is 0 Å². The second kappa shape index (κ2) is 26.8. The van der Waals surface area contributed by atoms with Crippen LogP contribution < -0.4 is 0 Å². The van der Waals surface area contributed by atoms with Gasteiger partial charge in [0.15, 0.2) is 0 Å². The number of halogens is 6. The lowest BCUT2D eigenvalue weighted by Crippen LogP contribution is -2.38. The van der Waals surface area contributed by atoms with Crippen molar-refractivity contribution in [2.75, 3.05) is 0 Å². The maximum absolute atomic E-state index is 14.5. The zero-order chi connectivity index (χ0) is 77.8. The number of hydrogen-bond acceptors (Lipinski definition) is 15. The molecule has 0 unspecified atom stereocenters. The summed E-state index contributed by atoms with van der Waals surface area (Å²) in [5.41, 5.74) is 13.1. The van der Waals surface area contributed by atoms with Crippen molar-refractivity contribution in [1.29, 1.82) is 0 Å². The first-order valence-corrected chi connectivity index (χ1v) is 38.6. The minimum absolute atomic E-state index is 0.132. The van der Waals surface area contributed by atoms with E-state index in [-0.39, 0.29) is 67.8 Å². The number of fused-ring (bicyclic) bond motifs is 15. The number of aromatic nitrogens is 18. The highest BCUT2D eigenvalue weighted by molar-refractivity contribution is 5.68. The first kappa shape index (κ1) is 73.2. The third kappa shape index (κ3) is 11.3. The lowest BCUT2D eigenvalue weighted by molar-refractivity contribution is 0.200. The quantitative estimate of drug-likeness (QED) is 0.0928. The average molecular weight is 1500 g/mol. The van der Waals surface area contributed by atoms with Crippen molar-refractivity contribution in [2.45, 2.75) is 195 Å². The molecule has 0 spiro atoms. The molecule has 12 aromatic rings. The van der Waals surface area contributed by atoms with Crippen LogP contribution in [-0.2, 0) is 29.3 Å². The number of aryl methyl sites for hydroxylation is 2. The first-order valence-electron chi connectivity index (χ1n) is 38.6. The van der Waals surface area contributed by atoms with E-state index in [1.54, 1.807) is 18.6 Å². The molecule has 0 N–H and O–H groups in total. The van der Waals surface area contributed by atoms with Crippen LogP contribution in [0.25, 0.3) is 67.8 Å². The van der Waals surface area contributed by atoms with Crippen LogP contribution in [0.5, 0.6) is 0 Å². The molecule has 7 aliphatic carbocycles. The SMILES string of the molecule is CC1CC(n2cc(-c3cncc([C@@]45CC[C@@H](c6cc(-c7c(F)cccc7F)nnc64)C5(C)C)n3)cn2)C1.Cc1cc(-c2cncc([C@@]34CC[C@@H](c5cc(-c6c(F)cccc6F)nnc53)C4(C)C)n2)nn1CC(C)C.Cc1cc(-c2cncc([C@@]34CC[C@@H](c5cc(-c6c(F)cccc6F)nnc53)C4(C)C)n2)nn1CC(C)C. The van der Waals surface area contributed by atoms with Crippen LogP contribution >= 0.6 is 0 Å². The Balaban J connectivity index is 0.000000121. The summed E-state index contributed by atoms with van der Waals surface area (Å²) in [4.78, 5) is 29.1. The van der Waals surface area contributed by atoms with Crippen molar-refractivity contribution >= 4 is 0 Å². The van der Waals surface area contributed by atoms with Crippen molar-refractivity contribution in [3.63, 3.8) is 0 Å². The third-order valence-electron chi connectivity index (χ3n) is 26.2. The Morgan fingerprint density at radius 2 is 0.748 bits per heavy atom. The molecule has 6 atom stereocenters. The summed E-state index contributed by atoms with van der Waals surface area (Å²) >= 11 is 0. The van der Waals surface area contributed by atoms with E-state index in [9.17, 15) is 26.3 Å². The van der Waals surface area contributed by atoms with Crippen LogP contribution in [0, 0.1) is 82.7 Å². The smallest absolute Gasteiger partial charge is 0.135 e. The van der Waals surface area contributed by atoms with E-state index in [1.807, 2.05) is 64.5 Å². The van der Waals surface area contributed by atoms with Gasteiger partial charge in [-0.2, -0.15) is 30.6 Å². The Bertz CT molecular complexity index is 5390. The van der Waals surface area contributed by atoms with E-state index >= 15 is 0 Å². The van der Waals surface area contributed by atoms with Gasteiger partial charge in [-0.3, -0.25) is 29.0 Å². The molecule has 4 saturated carbocycles. The molecule has 19 rings (SSSR count). The molecule has 0 saturated heterocycles. The molecule has 568 valence electrons. The van der Waals surface area contributed by atoms with Crippen molar-refractivity contribution in [2.24, 2.45) is 34.0 Å². The fraction of sp³-hybridized carbons (Fsp3) is 0.414. The molecule has 0 aliphatic heterocycles. The van der Waals surface area contributed by atoms with Gasteiger partial charge in [-0.1, -0.05) is 94.4 Å². The topological polar surface area (TPSA) is 208 Å². The lowest BCUT2D eigenvalue weighted by atomic mass is 9.66. The second-order valence-corrected chi connectivity index (χ2v) is 34.3. The zero-order valence-electron chi connectivity index (χ0n) is 64.6. The molecule has 4 fully saturated rings. The maximum atomic E-state index is 14.5. The molecular weight excluding hydrogens is 1410 g/mol. The average Bonchev–Trinajstić information content (AvgIpc) is 1.53. The Hall–Kier alpha value is -10.7. The van der Waals surface area contributed by atoms with Crippen LogP contribution in [0.15, 0.2) is 135 Å². The molecule has 3 aromatic carbocycles. The summed E-state index contributed by atoms with van der Waals surface area (Å²) in [5.74, 6) is -1.61. The van der Waals surface area contributed by atoms with Crippen molar-refractivity contribution < 1.29 is 26.3 Å². The van der Waals surface area contributed by atoms with E-state index in [2.05, 4.69) is 152 Å². The van der Waals surface area contributed by atoms with Crippen molar-refractivity contribution in [1.82, 2.24) is 89.8 Å². The fourth-order valence-electron chi connectivity index (χ4n) is 20.4. The second-order valence-electron chi connectivity index (χ2n) is 34.3. The highest BCUT2D eigenvalue weighted by Crippen LogP contribution is 2.72. The van der Waals surface area contributed by atoms with Crippen molar-refractivity contribution in [3.8, 4) is 67.8 Å². The summed E-state index contributed by atoms with van der Waals surface area (Å²) in [6.07, 6.45) is 22.4. The van der Waals surface area contributed by atoms with Gasteiger partial charge in [-0.25, -0.2) is 41.3 Å². The zero-order valence-corrected chi connectivity index (χ0v) is 64.6. The summed E-state index contributed by atoms with van der Waals surface area (Å²) < 4.78 is 93.3. The van der Waals surface area contributed by atoms with Gasteiger partial charge in [0.25, 0.3) is 0 Å². The van der Waals surface area contributed by atoms with Crippen LogP contribution in [0.1, 0.15) is 214 Å². The van der Waals surface area contributed by atoms with E-state index in [0.717, 1.165) is 167 Å². The standard InChI is InChI=1S/C29H28F2N6.2C29H30F2N6/c1-16-9-18(10-16)37-15-17(12-33-37)24-13-32-14-25(34-24)29-8-7-20(28(29,2)3)19-11-23(35-36-27(19)29)26-21(30)5-4-6-22(26)31;2*1-16(2)15-37-17(3)11-22(36-37)24-13-32-14-25(33-24)29-10-9-19(28(29,4)5)18-12-23(34-35-27(18)29)26-20(30)7-6-8-21(26)31/h4-6,11-16,18,20H,7-10H2,1-3H3;2*6-8,11-14,16,19H,9-10,15H2,1-5H3/t16?,18?,20-,29-;2*19-,29-/m000/s1. The van der Waals surface area contributed by atoms with Crippen LogP contribution in [-0.4, -0.2) is 89.8 Å². The molecular formula is C87H88F6N18. The highest BCUT2D eigenvalue weighted by atomic mass is 19.2. The van der Waals surface area contributed by atoms with Gasteiger partial charge < -0.3 is 0 Å². The number of rotatable bonds is 14. The Morgan fingerprint density at radius 1 is 0.414 bits per heavy atom. The minimum Gasteiger partial charge on any atom is -0.269 e. The van der Waals surface area contributed by atoms with Crippen LogP contribution in [0.2, 0.25) is 0 Å². The van der Waals surface area contributed by atoms with Gasteiger partial charge in [0.1, 0.15) is 57.7 Å². The van der Waals surface area contributed by atoms with E-state index < -0.39 is 51.1 Å². The van der Waals surface area contributed by atoms with Crippen LogP contribution in [0.3, 0.4) is 0 Å². The minimum atomic E-state index is -0.642. The molecule has 9 aromatic heterocycles. The van der Waals surface area contributed by atoms with Gasteiger partial charge in [-0.05, 0) is 200 Å². The molecule has 7 aliphatic rings. The predicted octanol–water partition coefficient (Wildman–Crippen LogP) is 18.7. The highest BCUT2D eigenvalue weighted by Gasteiger charge is 2.68. The Morgan fingerprint density at radius 3 is 1.08 bits per heavy atom. The molecule has 6 bridgehead atoms. The van der Waals surface area contributed by atoms with E-state index in [0.29, 0.717) is 17.9 Å². The first-order chi connectivity index (χ1) is 53.1. The van der Waals surface area contributed by atoms with Gasteiger partial charge >= 0.3 is 0 Å². The Kier molecular flexibility index (Phi) is 17.7. The van der Waals surface area contributed by atoms with Gasteiger partial charge in [0, 0.05) is 54.8 Å². The molecule has 9 heterocycles. The number of hydrogen-bond donors (Lipinski definition) is 0. The summed E-state index contributed by atoms with van der Waals surface area (Å²) in [6.45, 7) is 30.1. The van der Waals surface area contributed by atoms with Gasteiger partial charge in [0.05, 0.1) is 121 Å². The molecule has 24 heteroatoms. The molecule has 0 radical (unpaired) electrons. The van der Waals surface area contributed by atoms with Gasteiger partial charge in [-0.15, -0.1) is 15.3 Å². The lowest BCUT2D eigenvalue weighted by Gasteiger charge is -2.37. The number of nitrogens with zero attached hydrogens (tertiary/aromatic N) is 18. The third-order valence-corrected chi connectivity index (χ3v) is 26.2. The fourth-order valence-corrected chi connectivity index (χ4v) is 20.4. The Labute approximate surface area is 641 Å². The van der Waals surface area contributed by atoms with E-state index in [1.165, 1.54) is 54.6 Å². The van der Waals surface area contributed by atoms with Crippen LogP contribution in [0.4, 0.5) is 26.3 Å². The molecule has 111 heavy (non-hydrogen) atoms.